The molecule has 2 aromatic rings. The molecule has 1 amide bonds. The number of nitrogens with zero attached hydrogens (tertiary/aromatic N) is 1. The second-order valence-electron chi connectivity index (χ2n) is 6.60. The molecule has 1 fully saturated rings. The van der Waals surface area contributed by atoms with Gasteiger partial charge in [-0.2, -0.15) is 17.5 Å². The van der Waals surface area contributed by atoms with Gasteiger partial charge in [-0.25, -0.2) is 8.42 Å². The topological polar surface area (TPSA) is 66.5 Å². The quantitative estimate of drug-likeness (QED) is 0.734. The maximum atomic E-state index is 13.1. The fourth-order valence-electron chi connectivity index (χ4n) is 3.12. The molecule has 29 heavy (non-hydrogen) atoms. The van der Waals surface area contributed by atoms with Gasteiger partial charge in [-0.1, -0.05) is 30.2 Å². The Balaban J connectivity index is 1.92. The molecular formula is C19H18ClF3N2O3S. The van der Waals surface area contributed by atoms with Crippen LogP contribution in [0, 0.1) is 0 Å². The van der Waals surface area contributed by atoms with Crippen LogP contribution in [-0.2, 0) is 16.2 Å². The van der Waals surface area contributed by atoms with Crippen LogP contribution in [0.5, 0.6) is 0 Å². The summed E-state index contributed by atoms with van der Waals surface area (Å²) in [6.45, 7) is 0.761. The van der Waals surface area contributed by atoms with E-state index in [0.29, 0.717) is 13.1 Å². The zero-order valence-corrected chi connectivity index (χ0v) is 16.7. The van der Waals surface area contributed by atoms with Gasteiger partial charge < -0.3 is 5.32 Å². The first kappa shape index (κ1) is 21.6. The molecule has 0 aliphatic carbocycles. The summed E-state index contributed by atoms with van der Waals surface area (Å²) in [6, 6.07) is 8.14. The number of rotatable bonds is 4. The van der Waals surface area contributed by atoms with Gasteiger partial charge in [0.2, 0.25) is 10.0 Å². The molecule has 1 aliphatic rings. The number of hydrogen-bond acceptors (Lipinski definition) is 3. The molecule has 10 heteroatoms. The predicted molar refractivity (Wildman–Crippen MR) is 103 cm³/mol. The number of carbonyl (C=O) groups excluding carboxylic acids is 1. The average molecular weight is 447 g/mol. The van der Waals surface area contributed by atoms with Crippen LogP contribution in [-0.4, -0.2) is 31.7 Å². The predicted octanol–water partition coefficient (Wildman–Crippen LogP) is 4.79. The number of para-hydroxylation sites is 1. The number of alkyl halides is 3. The van der Waals surface area contributed by atoms with E-state index in [1.54, 1.807) is 0 Å². The summed E-state index contributed by atoms with van der Waals surface area (Å²) in [5, 5.41) is 2.12. The Labute approximate surface area is 171 Å². The summed E-state index contributed by atoms with van der Waals surface area (Å²) in [5.74, 6) is -0.928. The normalized spacial score (nSPS) is 15.9. The number of hydrogen-bond donors (Lipinski definition) is 1. The van der Waals surface area contributed by atoms with Crippen LogP contribution in [0.15, 0.2) is 47.4 Å². The second-order valence-corrected chi connectivity index (χ2v) is 8.95. The molecule has 0 saturated carbocycles. The zero-order valence-electron chi connectivity index (χ0n) is 15.2. The van der Waals surface area contributed by atoms with Crippen molar-refractivity contribution >= 4 is 33.2 Å². The van der Waals surface area contributed by atoms with Gasteiger partial charge in [0.1, 0.15) is 0 Å². The molecule has 1 aliphatic heterocycles. The lowest BCUT2D eigenvalue weighted by Gasteiger charge is -2.26. The third-order valence-electron chi connectivity index (χ3n) is 4.62. The van der Waals surface area contributed by atoms with E-state index in [2.05, 4.69) is 5.32 Å². The molecule has 0 radical (unpaired) electrons. The highest BCUT2D eigenvalue weighted by Crippen LogP contribution is 2.35. The molecule has 0 atom stereocenters. The van der Waals surface area contributed by atoms with Crippen molar-refractivity contribution in [1.82, 2.24) is 4.31 Å². The first-order chi connectivity index (χ1) is 13.6. The van der Waals surface area contributed by atoms with E-state index in [0.717, 1.165) is 37.5 Å². The Kier molecular flexibility index (Phi) is 6.21. The first-order valence-corrected chi connectivity index (χ1v) is 10.7. The molecule has 5 nitrogen and oxygen atoms in total. The summed E-state index contributed by atoms with van der Waals surface area (Å²) in [6.07, 6.45) is -2.23. The summed E-state index contributed by atoms with van der Waals surface area (Å²) in [4.78, 5) is 12.5. The number of halogens is 4. The van der Waals surface area contributed by atoms with Gasteiger partial charge >= 0.3 is 6.18 Å². The molecule has 1 heterocycles. The number of piperidine rings is 1. The van der Waals surface area contributed by atoms with E-state index in [-0.39, 0.29) is 15.5 Å². The fraction of sp³-hybridized carbons (Fsp3) is 0.316. The number of benzene rings is 2. The lowest BCUT2D eigenvalue weighted by atomic mass is 10.1. The van der Waals surface area contributed by atoms with Crippen LogP contribution in [0.25, 0.3) is 0 Å². The van der Waals surface area contributed by atoms with E-state index in [1.807, 2.05) is 0 Å². The zero-order chi connectivity index (χ0) is 21.2. The first-order valence-electron chi connectivity index (χ1n) is 8.88. The van der Waals surface area contributed by atoms with Gasteiger partial charge in [0.15, 0.2) is 0 Å². The highest BCUT2D eigenvalue weighted by atomic mass is 35.5. The summed E-state index contributed by atoms with van der Waals surface area (Å²) < 4.78 is 66.4. The van der Waals surface area contributed by atoms with Crippen LogP contribution in [0.2, 0.25) is 5.02 Å². The molecule has 0 aromatic heterocycles. The van der Waals surface area contributed by atoms with Crippen molar-refractivity contribution in [3.05, 3.63) is 58.6 Å². The Morgan fingerprint density at radius 3 is 2.34 bits per heavy atom. The van der Waals surface area contributed by atoms with Crippen molar-refractivity contribution in [1.29, 1.82) is 0 Å². The van der Waals surface area contributed by atoms with Gasteiger partial charge in [-0.15, -0.1) is 0 Å². The summed E-state index contributed by atoms with van der Waals surface area (Å²) in [5.41, 5.74) is -1.67. The molecule has 3 rings (SSSR count). The van der Waals surface area contributed by atoms with E-state index in [1.165, 1.54) is 28.6 Å². The highest BCUT2D eigenvalue weighted by molar-refractivity contribution is 7.89. The minimum absolute atomic E-state index is 0.0652. The number of carbonyl (C=O) groups is 1. The van der Waals surface area contributed by atoms with Crippen LogP contribution in [0.3, 0.4) is 0 Å². The van der Waals surface area contributed by atoms with E-state index >= 15 is 0 Å². The third kappa shape index (κ3) is 4.73. The smallest absolute Gasteiger partial charge is 0.321 e. The molecular weight excluding hydrogens is 429 g/mol. The molecule has 0 bridgehead atoms. The standard InChI is InChI=1S/C19H18ClF3N2O3S/c20-16-9-8-13(29(27,28)25-10-4-1-5-11-25)12-14(16)18(26)24-17-7-3-2-6-15(17)19(21,22)23/h2-3,6-9,12H,1,4-5,10-11H2,(H,24,26). The number of anilines is 1. The van der Waals surface area contributed by atoms with E-state index in [4.69, 9.17) is 11.6 Å². The van der Waals surface area contributed by atoms with Crippen molar-refractivity contribution in [2.75, 3.05) is 18.4 Å². The van der Waals surface area contributed by atoms with E-state index in [9.17, 15) is 26.4 Å². The molecule has 156 valence electrons. The summed E-state index contributed by atoms with van der Waals surface area (Å²) in [7, 11) is -3.82. The molecule has 0 spiro atoms. The van der Waals surface area contributed by atoms with Gasteiger partial charge in [-0.05, 0) is 43.2 Å². The highest BCUT2D eigenvalue weighted by Gasteiger charge is 2.34. The van der Waals surface area contributed by atoms with Crippen molar-refractivity contribution in [3.63, 3.8) is 0 Å². The van der Waals surface area contributed by atoms with Gasteiger partial charge in [0.25, 0.3) is 5.91 Å². The fourth-order valence-corrected chi connectivity index (χ4v) is 4.87. The van der Waals surface area contributed by atoms with Gasteiger partial charge in [0, 0.05) is 13.1 Å². The molecule has 2 aromatic carbocycles. The molecule has 0 unspecified atom stereocenters. The number of sulfonamides is 1. The lowest BCUT2D eigenvalue weighted by molar-refractivity contribution is -0.136. The molecule has 1 saturated heterocycles. The minimum atomic E-state index is -4.66. The largest absolute Gasteiger partial charge is 0.418 e. The van der Waals surface area contributed by atoms with Crippen LogP contribution >= 0.6 is 11.6 Å². The van der Waals surface area contributed by atoms with Gasteiger partial charge in [-0.3, -0.25) is 4.79 Å². The van der Waals surface area contributed by atoms with Crippen molar-refractivity contribution in [2.45, 2.75) is 30.3 Å². The van der Waals surface area contributed by atoms with E-state index < -0.39 is 33.4 Å². The number of nitrogens with one attached hydrogen (secondary N) is 1. The Morgan fingerprint density at radius 2 is 1.69 bits per heavy atom. The maximum absolute atomic E-state index is 13.1. The Hall–Kier alpha value is -2.10. The van der Waals surface area contributed by atoms with Crippen LogP contribution < -0.4 is 5.32 Å². The average Bonchev–Trinajstić information content (AvgIpc) is 2.68. The third-order valence-corrected chi connectivity index (χ3v) is 6.84. The Morgan fingerprint density at radius 1 is 1.03 bits per heavy atom. The monoisotopic (exact) mass is 446 g/mol. The van der Waals surface area contributed by atoms with Gasteiger partial charge in [0.05, 0.1) is 26.7 Å². The SMILES string of the molecule is O=C(Nc1ccccc1C(F)(F)F)c1cc(S(=O)(=O)N2CCCCC2)ccc1Cl. The summed E-state index contributed by atoms with van der Waals surface area (Å²) >= 11 is 6.03. The Bertz CT molecular complexity index is 1020. The molecule has 1 N–H and O–H groups in total. The minimum Gasteiger partial charge on any atom is -0.321 e. The maximum Gasteiger partial charge on any atom is 0.418 e. The number of amides is 1. The van der Waals surface area contributed by atoms with Crippen molar-refractivity contribution < 1.29 is 26.4 Å². The van der Waals surface area contributed by atoms with Crippen molar-refractivity contribution in [2.24, 2.45) is 0 Å². The van der Waals surface area contributed by atoms with Crippen LogP contribution in [0.4, 0.5) is 18.9 Å². The van der Waals surface area contributed by atoms with Crippen molar-refractivity contribution in [3.8, 4) is 0 Å². The van der Waals surface area contributed by atoms with Crippen LogP contribution in [0.1, 0.15) is 35.2 Å². The second kappa shape index (κ2) is 8.33. The lowest BCUT2D eigenvalue weighted by Crippen LogP contribution is -2.35.